The van der Waals surface area contributed by atoms with Crippen molar-refractivity contribution < 1.29 is 19.4 Å². The number of fused-ring (bicyclic) bond motifs is 1. The molecule has 26 heavy (non-hydrogen) atoms. The summed E-state index contributed by atoms with van der Waals surface area (Å²) in [5.74, 6) is -1.45. The van der Waals surface area contributed by atoms with Crippen molar-refractivity contribution in [3.63, 3.8) is 0 Å². The second-order valence-electron chi connectivity index (χ2n) is 7.29. The van der Waals surface area contributed by atoms with Crippen LogP contribution in [0.2, 0.25) is 0 Å². The molecule has 0 unspecified atom stereocenters. The largest absolute Gasteiger partial charge is 0.481 e. The van der Waals surface area contributed by atoms with Crippen molar-refractivity contribution in [2.75, 3.05) is 18.0 Å². The Morgan fingerprint density at radius 2 is 2.12 bits per heavy atom. The number of nitriles is 1. The first kappa shape index (κ1) is 19.5. The molecule has 0 saturated heterocycles. The molecule has 0 fully saturated rings. The fourth-order valence-corrected chi connectivity index (χ4v) is 2.88. The summed E-state index contributed by atoms with van der Waals surface area (Å²) < 4.78 is 5.25. The van der Waals surface area contributed by atoms with Gasteiger partial charge in [-0.2, -0.15) is 5.26 Å². The summed E-state index contributed by atoms with van der Waals surface area (Å²) in [5.41, 5.74) is 2.17. The third-order valence-electron chi connectivity index (χ3n) is 3.96. The summed E-state index contributed by atoms with van der Waals surface area (Å²) in [7, 11) is 0. The molecule has 0 bridgehead atoms. The minimum absolute atomic E-state index is 0.0431. The van der Waals surface area contributed by atoms with E-state index in [0.717, 1.165) is 36.2 Å². The average molecular weight is 356 g/mol. The Bertz CT molecular complexity index is 769. The lowest BCUT2D eigenvalue weighted by molar-refractivity contribution is -0.149. The smallest absolute Gasteiger partial charge is 0.349 e. The highest BCUT2D eigenvalue weighted by Crippen LogP contribution is 2.29. The summed E-state index contributed by atoms with van der Waals surface area (Å²) in [5, 5.41) is 18.2. The van der Waals surface area contributed by atoms with E-state index in [9.17, 15) is 14.9 Å². The van der Waals surface area contributed by atoms with Crippen LogP contribution in [0, 0.1) is 11.3 Å². The topological polar surface area (TPSA) is 90.6 Å². The molecule has 1 N–H and O–H groups in total. The number of carbonyl (C=O) groups excluding carboxylic acids is 1. The molecular formula is C20H24N2O4. The maximum Gasteiger partial charge on any atom is 0.349 e. The maximum absolute atomic E-state index is 12.1. The Morgan fingerprint density at radius 1 is 1.38 bits per heavy atom. The first-order valence-electron chi connectivity index (χ1n) is 8.64. The molecule has 6 nitrogen and oxygen atoms in total. The van der Waals surface area contributed by atoms with Gasteiger partial charge in [0.15, 0.2) is 0 Å². The number of carbonyl (C=O) groups is 2. The SMILES string of the molecule is CC(C)(C)OC(=O)/C(C#N)=C/c1ccc2c(c1)CCCN2CCC(=O)O. The van der Waals surface area contributed by atoms with Gasteiger partial charge in [0.1, 0.15) is 17.2 Å². The summed E-state index contributed by atoms with van der Waals surface area (Å²) in [6.45, 7) is 6.56. The molecule has 138 valence electrons. The molecule has 1 aromatic rings. The van der Waals surface area contributed by atoms with Crippen LogP contribution < -0.4 is 4.90 Å². The molecular weight excluding hydrogens is 332 g/mol. The Hall–Kier alpha value is -2.81. The summed E-state index contributed by atoms with van der Waals surface area (Å²) >= 11 is 0. The Morgan fingerprint density at radius 3 is 2.73 bits per heavy atom. The van der Waals surface area contributed by atoms with Crippen molar-refractivity contribution in [1.82, 2.24) is 0 Å². The van der Waals surface area contributed by atoms with E-state index < -0.39 is 17.5 Å². The summed E-state index contributed by atoms with van der Waals surface area (Å²) in [6.07, 6.45) is 3.45. The van der Waals surface area contributed by atoms with Gasteiger partial charge in [-0.05, 0) is 62.9 Å². The van der Waals surface area contributed by atoms with Gasteiger partial charge in [0.2, 0.25) is 0 Å². The van der Waals surface area contributed by atoms with Gasteiger partial charge >= 0.3 is 11.9 Å². The Kier molecular flexibility index (Phi) is 6.04. The molecule has 1 aliphatic heterocycles. The van der Waals surface area contributed by atoms with E-state index in [1.807, 2.05) is 24.3 Å². The van der Waals surface area contributed by atoms with E-state index >= 15 is 0 Å². The highest BCUT2D eigenvalue weighted by Gasteiger charge is 2.21. The van der Waals surface area contributed by atoms with Crippen molar-refractivity contribution in [3.8, 4) is 6.07 Å². The molecule has 1 aromatic carbocycles. The number of anilines is 1. The van der Waals surface area contributed by atoms with Crippen LogP contribution >= 0.6 is 0 Å². The molecule has 0 spiro atoms. The number of esters is 1. The zero-order chi connectivity index (χ0) is 19.3. The third kappa shape index (κ3) is 5.35. The maximum atomic E-state index is 12.1. The first-order valence-corrected chi connectivity index (χ1v) is 8.64. The van der Waals surface area contributed by atoms with Crippen LogP contribution in [0.4, 0.5) is 5.69 Å². The van der Waals surface area contributed by atoms with Gasteiger partial charge in [0, 0.05) is 18.8 Å². The van der Waals surface area contributed by atoms with Gasteiger partial charge in [-0.1, -0.05) is 6.07 Å². The Balaban J connectivity index is 2.23. The molecule has 0 amide bonds. The van der Waals surface area contributed by atoms with Gasteiger partial charge in [-0.3, -0.25) is 4.79 Å². The molecule has 0 aromatic heterocycles. The Labute approximate surface area is 153 Å². The number of hydrogen-bond acceptors (Lipinski definition) is 5. The van der Waals surface area contributed by atoms with Crippen LogP contribution in [0.25, 0.3) is 6.08 Å². The van der Waals surface area contributed by atoms with E-state index in [4.69, 9.17) is 9.84 Å². The number of benzene rings is 1. The van der Waals surface area contributed by atoms with Crippen LogP contribution in [0.3, 0.4) is 0 Å². The first-order chi connectivity index (χ1) is 12.2. The second-order valence-corrected chi connectivity index (χ2v) is 7.29. The fourth-order valence-electron chi connectivity index (χ4n) is 2.88. The summed E-state index contributed by atoms with van der Waals surface area (Å²) in [6, 6.07) is 7.61. The molecule has 0 aliphatic carbocycles. The molecule has 0 saturated carbocycles. The third-order valence-corrected chi connectivity index (χ3v) is 3.96. The lowest BCUT2D eigenvalue weighted by Gasteiger charge is -2.31. The second kappa shape index (κ2) is 8.05. The van der Waals surface area contributed by atoms with Crippen LogP contribution in [0.5, 0.6) is 0 Å². The van der Waals surface area contributed by atoms with Gasteiger partial charge < -0.3 is 14.7 Å². The van der Waals surface area contributed by atoms with E-state index in [0.29, 0.717) is 6.54 Å². The molecule has 0 radical (unpaired) electrons. The van der Waals surface area contributed by atoms with Crippen LogP contribution in [0.1, 0.15) is 44.7 Å². The van der Waals surface area contributed by atoms with E-state index in [1.165, 1.54) is 6.08 Å². The number of carboxylic acids is 1. The number of aryl methyl sites for hydroxylation is 1. The van der Waals surface area contributed by atoms with Crippen LogP contribution in [0.15, 0.2) is 23.8 Å². The number of aliphatic carboxylic acids is 1. The molecule has 1 heterocycles. The van der Waals surface area contributed by atoms with Gasteiger partial charge in [0.05, 0.1) is 6.42 Å². The minimum Gasteiger partial charge on any atom is -0.481 e. The molecule has 1 aliphatic rings. The van der Waals surface area contributed by atoms with E-state index in [1.54, 1.807) is 20.8 Å². The van der Waals surface area contributed by atoms with Gasteiger partial charge in [-0.25, -0.2) is 4.79 Å². The fraction of sp³-hybridized carbons (Fsp3) is 0.450. The number of nitrogens with zero attached hydrogens (tertiary/aromatic N) is 2. The lowest BCUT2D eigenvalue weighted by atomic mass is 9.98. The van der Waals surface area contributed by atoms with Gasteiger partial charge in [0.25, 0.3) is 0 Å². The van der Waals surface area contributed by atoms with Crippen molar-refractivity contribution in [1.29, 1.82) is 5.26 Å². The quantitative estimate of drug-likeness (QED) is 0.495. The number of carboxylic acid groups (broad SMARTS) is 1. The summed E-state index contributed by atoms with van der Waals surface area (Å²) in [4.78, 5) is 25.0. The highest BCUT2D eigenvalue weighted by molar-refractivity contribution is 5.98. The lowest BCUT2D eigenvalue weighted by Crippen LogP contribution is -2.31. The number of hydrogen-bond donors (Lipinski definition) is 1. The highest BCUT2D eigenvalue weighted by atomic mass is 16.6. The predicted octanol–water partition coefficient (Wildman–Crippen LogP) is 3.16. The molecule has 2 rings (SSSR count). The standard InChI is InChI=1S/C20H24N2O4/c1-20(2,3)26-19(25)16(13-21)12-14-6-7-17-15(11-14)5-4-9-22(17)10-8-18(23)24/h6-7,11-12H,4-5,8-10H2,1-3H3,(H,23,24)/b16-12+. The monoisotopic (exact) mass is 356 g/mol. The van der Waals surface area contributed by atoms with Crippen molar-refractivity contribution in [3.05, 3.63) is 34.9 Å². The zero-order valence-electron chi connectivity index (χ0n) is 15.4. The van der Waals surface area contributed by atoms with Crippen molar-refractivity contribution in [2.24, 2.45) is 0 Å². The van der Waals surface area contributed by atoms with Crippen LogP contribution in [-0.4, -0.2) is 35.7 Å². The van der Waals surface area contributed by atoms with E-state index in [2.05, 4.69) is 4.90 Å². The van der Waals surface area contributed by atoms with Crippen molar-refractivity contribution >= 4 is 23.7 Å². The minimum atomic E-state index is -0.812. The number of ether oxygens (including phenoxy) is 1. The van der Waals surface area contributed by atoms with E-state index in [-0.39, 0.29) is 12.0 Å². The number of rotatable bonds is 5. The van der Waals surface area contributed by atoms with Crippen LogP contribution in [-0.2, 0) is 20.7 Å². The van der Waals surface area contributed by atoms with Gasteiger partial charge in [-0.15, -0.1) is 0 Å². The zero-order valence-corrected chi connectivity index (χ0v) is 15.4. The van der Waals surface area contributed by atoms with Crippen molar-refractivity contribution in [2.45, 2.75) is 45.6 Å². The molecule has 6 heteroatoms. The predicted molar refractivity (Wildman–Crippen MR) is 98.7 cm³/mol. The average Bonchev–Trinajstić information content (AvgIpc) is 2.55. The molecule has 0 atom stereocenters. The normalized spacial score (nSPS) is 14.4.